The Bertz CT molecular complexity index is 477. The van der Waals surface area contributed by atoms with E-state index < -0.39 is 17.7 Å². The van der Waals surface area contributed by atoms with Gasteiger partial charge in [0.05, 0.1) is 6.04 Å². The predicted molar refractivity (Wildman–Crippen MR) is 81.7 cm³/mol. The Morgan fingerprint density at radius 1 is 1.25 bits per heavy atom. The average molecular weight is 342 g/mol. The summed E-state index contributed by atoms with van der Waals surface area (Å²) in [6.07, 6.45) is -0.128. The number of carbonyl (C=O) groups is 2. The minimum absolute atomic E-state index is 0.0984. The lowest BCUT2D eigenvalue weighted by Crippen LogP contribution is -2.43. The highest BCUT2D eigenvalue weighted by Crippen LogP contribution is 2.13. The molecule has 5 heteroatoms. The van der Waals surface area contributed by atoms with Crippen LogP contribution in [0.1, 0.15) is 33.3 Å². The molecule has 0 heterocycles. The number of benzene rings is 1. The van der Waals surface area contributed by atoms with Crippen molar-refractivity contribution in [3.63, 3.8) is 0 Å². The van der Waals surface area contributed by atoms with Crippen LogP contribution in [0.2, 0.25) is 0 Å². The van der Waals surface area contributed by atoms with E-state index in [1.165, 1.54) is 6.92 Å². The SMILES string of the molecule is CC(=O)[C@H](Cc1ccc(Br)cc1)NC(=O)OC(C)(C)C. The van der Waals surface area contributed by atoms with E-state index in [0.717, 1.165) is 10.0 Å². The average Bonchev–Trinajstić information content (AvgIpc) is 2.28. The Morgan fingerprint density at radius 2 is 1.80 bits per heavy atom. The molecular formula is C15H20BrNO3. The lowest BCUT2D eigenvalue weighted by atomic mass is 10.0. The van der Waals surface area contributed by atoms with Crippen LogP contribution >= 0.6 is 15.9 Å². The molecule has 1 amide bonds. The van der Waals surface area contributed by atoms with Crippen molar-refractivity contribution in [2.24, 2.45) is 0 Å². The zero-order chi connectivity index (χ0) is 15.3. The first-order valence-corrected chi connectivity index (χ1v) is 7.21. The van der Waals surface area contributed by atoms with Crippen molar-refractivity contribution in [1.29, 1.82) is 0 Å². The van der Waals surface area contributed by atoms with Gasteiger partial charge in [0.25, 0.3) is 0 Å². The molecular weight excluding hydrogens is 322 g/mol. The van der Waals surface area contributed by atoms with Crippen LogP contribution < -0.4 is 5.32 Å². The molecule has 0 saturated heterocycles. The maximum Gasteiger partial charge on any atom is 0.408 e. The summed E-state index contributed by atoms with van der Waals surface area (Å²) in [5.74, 6) is -0.0984. The summed E-state index contributed by atoms with van der Waals surface area (Å²) >= 11 is 3.36. The quantitative estimate of drug-likeness (QED) is 0.912. The van der Waals surface area contributed by atoms with E-state index in [2.05, 4.69) is 21.2 Å². The van der Waals surface area contributed by atoms with E-state index in [4.69, 9.17) is 4.74 Å². The Morgan fingerprint density at radius 3 is 2.25 bits per heavy atom. The first kappa shape index (κ1) is 16.7. The molecule has 0 aliphatic rings. The smallest absolute Gasteiger partial charge is 0.408 e. The Kier molecular flexibility index (Phi) is 5.74. The van der Waals surface area contributed by atoms with Gasteiger partial charge in [-0.2, -0.15) is 0 Å². The second-order valence-corrected chi connectivity index (χ2v) is 6.56. The van der Waals surface area contributed by atoms with Crippen LogP contribution in [-0.2, 0) is 16.0 Å². The third kappa shape index (κ3) is 6.19. The Hall–Kier alpha value is -1.36. The molecule has 0 radical (unpaired) electrons. The summed E-state index contributed by atoms with van der Waals surface area (Å²) in [6, 6.07) is 7.05. The summed E-state index contributed by atoms with van der Waals surface area (Å²) in [5.41, 5.74) is 0.396. The van der Waals surface area contributed by atoms with Gasteiger partial charge in [-0.25, -0.2) is 4.79 Å². The largest absolute Gasteiger partial charge is 0.444 e. The molecule has 1 rings (SSSR count). The third-order valence-corrected chi connectivity index (χ3v) is 3.06. The molecule has 0 aliphatic heterocycles. The number of rotatable bonds is 4. The van der Waals surface area contributed by atoms with E-state index in [1.54, 1.807) is 20.8 Å². The van der Waals surface area contributed by atoms with Crippen LogP contribution in [0, 0.1) is 0 Å². The highest BCUT2D eigenvalue weighted by Gasteiger charge is 2.22. The molecule has 0 spiro atoms. The molecule has 0 fully saturated rings. The van der Waals surface area contributed by atoms with Crippen molar-refractivity contribution in [2.45, 2.75) is 45.8 Å². The molecule has 1 aromatic rings. The van der Waals surface area contributed by atoms with E-state index in [1.807, 2.05) is 24.3 Å². The van der Waals surface area contributed by atoms with Crippen LogP contribution in [0.15, 0.2) is 28.7 Å². The van der Waals surface area contributed by atoms with Gasteiger partial charge in [0.15, 0.2) is 5.78 Å². The van der Waals surface area contributed by atoms with E-state index in [9.17, 15) is 9.59 Å². The summed E-state index contributed by atoms with van der Waals surface area (Å²) in [5, 5.41) is 2.61. The molecule has 1 atom stereocenters. The van der Waals surface area contributed by atoms with Gasteiger partial charge in [-0.05, 0) is 51.8 Å². The fourth-order valence-corrected chi connectivity index (χ4v) is 1.87. The van der Waals surface area contributed by atoms with Gasteiger partial charge >= 0.3 is 6.09 Å². The fraction of sp³-hybridized carbons (Fsp3) is 0.467. The molecule has 0 bridgehead atoms. The molecule has 110 valence electrons. The van der Waals surface area contributed by atoms with Crippen molar-refractivity contribution in [2.75, 3.05) is 0 Å². The summed E-state index contributed by atoms with van der Waals surface area (Å²) in [4.78, 5) is 23.4. The number of ether oxygens (including phenoxy) is 1. The minimum atomic E-state index is -0.580. The van der Waals surface area contributed by atoms with Gasteiger partial charge in [0.2, 0.25) is 0 Å². The molecule has 4 nitrogen and oxygen atoms in total. The molecule has 0 saturated carbocycles. The van der Waals surface area contributed by atoms with Crippen molar-refractivity contribution >= 4 is 27.8 Å². The monoisotopic (exact) mass is 341 g/mol. The van der Waals surface area contributed by atoms with Gasteiger partial charge in [0, 0.05) is 4.47 Å². The standard InChI is InChI=1S/C15H20BrNO3/c1-10(18)13(17-14(19)20-15(2,3)4)9-11-5-7-12(16)8-6-11/h5-8,13H,9H2,1-4H3,(H,17,19)/t13-/m0/s1. The summed E-state index contributed by atoms with van der Waals surface area (Å²) < 4.78 is 6.14. The topological polar surface area (TPSA) is 55.4 Å². The summed E-state index contributed by atoms with van der Waals surface area (Å²) in [7, 11) is 0. The van der Waals surface area contributed by atoms with Crippen LogP contribution in [0.25, 0.3) is 0 Å². The Balaban J connectivity index is 2.68. The molecule has 20 heavy (non-hydrogen) atoms. The first-order chi connectivity index (χ1) is 9.17. The highest BCUT2D eigenvalue weighted by molar-refractivity contribution is 9.10. The van der Waals surface area contributed by atoms with Crippen LogP contribution in [-0.4, -0.2) is 23.5 Å². The second kappa shape index (κ2) is 6.88. The maximum absolute atomic E-state index is 11.7. The Labute approximate surface area is 128 Å². The lowest BCUT2D eigenvalue weighted by molar-refractivity contribution is -0.119. The normalized spacial score (nSPS) is 12.7. The number of hydrogen-bond acceptors (Lipinski definition) is 3. The van der Waals surface area contributed by atoms with Crippen molar-refractivity contribution in [1.82, 2.24) is 5.32 Å². The van der Waals surface area contributed by atoms with E-state index >= 15 is 0 Å². The molecule has 1 aromatic carbocycles. The third-order valence-electron chi connectivity index (χ3n) is 2.53. The number of halogens is 1. The zero-order valence-electron chi connectivity index (χ0n) is 12.2. The predicted octanol–water partition coefficient (Wildman–Crippen LogP) is 3.47. The van der Waals surface area contributed by atoms with Crippen LogP contribution in [0.3, 0.4) is 0 Å². The molecule has 0 aliphatic carbocycles. The number of nitrogens with one attached hydrogen (secondary N) is 1. The zero-order valence-corrected chi connectivity index (χ0v) is 13.8. The van der Waals surface area contributed by atoms with E-state index in [0.29, 0.717) is 6.42 Å². The van der Waals surface area contributed by atoms with Crippen LogP contribution in [0.4, 0.5) is 4.79 Å². The van der Waals surface area contributed by atoms with Gasteiger partial charge in [-0.3, -0.25) is 4.79 Å². The maximum atomic E-state index is 11.7. The summed E-state index contributed by atoms with van der Waals surface area (Å²) in [6.45, 7) is 6.80. The van der Waals surface area contributed by atoms with Crippen molar-refractivity contribution in [3.05, 3.63) is 34.3 Å². The first-order valence-electron chi connectivity index (χ1n) is 6.42. The fourth-order valence-electron chi connectivity index (χ4n) is 1.60. The van der Waals surface area contributed by atoms with Crippen LogP contribution in [0.5, 0.6) is 0 Å². The van der Waals surface area contributed by atoms with Crippen molar-refractivity contribution < 1.29 is 14.3 Å². The minimum Gasteiger partial charge on any atom is -0.444 e. The molecule has 1 N–H and O–H groups in total. The number of hydrogen-bond donors (Lipinski definition) is 1. The highest BCUT2D eigenvalue weighted by atomic mass is 79.9. The second-order valence-electron chi connectivity index (χ2n) is 5.64. The number of alkyl carbamates (subject to hydrolysis) is 1. The molecule has 0 unspecified atom stereocenters. The van der Waals surface area contributed by atoms with Gasteiger partial charge < -0.3 is 10.1 Å². The molecule has 0 aromatic heterocycles. The number of Topliss-reactive ketones (excluding diaryl/α,β-unsaturated/α-hetero) is 1. The van der Waals surface area contributed by atoms with E-state index in [-0.39, 0.29) is 5.78 Å². The van der Waals surface area contributed by atoms with Gasteiger partial charge in [0.1, 0.15) is 5.60 Å². The number of amides is 1. The van der Waals surface area contributed by atoms with Gasteiger partial charge in [-0.15, -0.1) is 0 Å². The van der Waals surface area contributed by atoms with Gasteiger partial charge in [-0.1, -0.05) is 28.1 Å². The lowest BCUT2D eigenvalue weighted by Gasteiger charge is -2.22. The van der Waals surface area contributed by atoms with Crippen molar-refractivity contribution in [3.8, 4) is 0 Å². The number of carbonyl (C=O) groups excluding carboxylic acids is 2. The number of ketones is 1.